The molecule has 0 fully saturated rings. The highest BCUT2D eigenvalue weighted by Crippen LogP contribution is 2.06. The van der Waals surface area contributed by atoms with E-state index in [4.69, 9.17) is 0 Å². The van der Waals surface area contributed by atoms with Gasteiger partial charge in [0.2, 0.25) is 5.95 Å². The Kier molecular flexibility index (Phi) is 2.51. The zero-order valence-corrected chi connectivity index (χ0v) is 7.30. The average molecular weight is 181 g/mol. The third-order valence-corrected chi connectivity index (χ3v) is 1.56. The van der Waals surface area contributed by atoms with Gasteiger partial charge in [0.25, 0.3) is 0 Å². The summed E-state index contributed by atoms with van der Waals surface area (Å²) >= 11 is 0. The van der Waals surface area contributed by atoms with E-state index in [-0.39, 0.29) is 22.8 Å². The van der Waals surface area contributed by atoms with Crippen molar-refractivity contribution in [3.05, 3.63) is 29.3 Å². The van der Waals surface area contributed by atoms with E-state index in [0.29, 0.717) is 0 Å². The summed E-state index contributed by atoms with van der Waals surface area (Å²) in [5, 5.41) is 0. The molecule has 0 N–H and O–H groups in total. The first kappa shape index (κ1) is 9.51. The first-order chi connectivity index (χ1) is 6.00. The Labute approximate surface area is 74.6 Å². The van der Waals surface area contributed by atoms with Crippen molar-refractivity contribution in [2.75, 3.05) is 0 Å². The summed E-state index contributed by atoms with van der Waals surface area (Å²) in [6, 6.07) is 2.29. The number of pyridine rings is 1. The Balaban J connectivity index is 3.26. The van der Waals surface area contributed by atoms with Crippen molar-refractivity contribution in [1.29, 1.82) is 0 Å². The van der Waals surface area contributed by atoms with Gasteiger partial charge < -0.3 is 0 Å². The van der Waals surface area contributed by atoms with E-state index in [0.717, 1.165) is 6.07 Å². The van der Waals surface area contributed by atoms with Crippen LogP contribution in [0.25, 0.3) is 0 Å². The standard InChI is InChI=1S/C9H8FNO2/c1-5(12)7-3-8(6(2)13)11-9(10)4-7/h3-4H,1-2H3. The Hall–Kier alpha value is -1.58. The third kappa shape index (κ3) is 2.18. The van der Waals surface area contributed by atoms with Gasteiger partial charge in [0.15, 0.2) is 11.6 Å². The maximum Gasteiger partial charge on any atom is 0.214 e. The molecule has 13 heavy (non-hydrogen) atoms. The highest BCUT2D eigenvalue weighted by molar-refractivity contribution is 5.98. The maximum atomic E-state index is 12.7. The fourth-order valence-corrected chi connectivity index (χ4v) is 0.881. The van der Waals surface area contributed by atoms with Crippen LogP contribution >= 0.6 is 0 Å². The Morgan fingerprint density at radius 1 is 1.23 bits per heavy atom. The number of hydrogen-bond donors (Lipinski definition) is 0. The van der Waals surface area contributed by atoms with Crippen LogP contribution in [-0.4, -0.2) is 16.6 Å². The summed E-state index contributed by atoms with van der Waals surface area (Å²) in [5.74, 6) is -1.45. The van der Waals surface area contributed by atoms with Crippen LogP contribution in [0.4, 0.5) is 4.39 Å². The molecule has 0 bridgehead atoms. The van der Waals surface area contributed by atoms with Crippen molar-refractivity contribution >= 4 is 11.6 Å². The van der Waals surface area contributed by atoms with Crippen LogP contribution in [0, 0.1) is 5.95 Å². The van der Waals surface area contributed by atoms with Gasteiger partial charge in [0, 0.05) is 18.6 Å². The zero-order chi connectivity index (χ0) is 10.0. The molecule has 68 valence electrons. The van der Waals surface area contributed by atoms with Crippen LogP contribution in [0.3, 0.4) is 0 Å². The van der Waals surface area contributed by atoms with Gasteiger partial charge in [-0.2, -0.15) is 4.39 Å². The van der Waals surface area contributed by atoms with Gasteiger partial charge in [-0.1, -0.05) is 0 Å². The zero-order valence-electron chi connectivity index (χ0n) is 7.30. The predicted octanol–water partition coefficient (Wildman–Crippen LogP) is 1.63. The second-order valence-electron chi connectivity index (χ2n) is 2.68. The number of carbonyl (C=O) groups is 2. The topological polar surface area (TPSA) is 47.0 Å². The molecule has 1 rings (SSSR count). The molecule has 0 spiro atoms. The van der Waals surface area contributed by atoms with E-state index in [1.165, 1.54) is 19.9 Å². The third-order valence-electron chi connectivity index (χ3n) is 1.56. The average Bonchev–Trinajstić information content (AvgIpc) is 2.03. The van der Waals surface area contributed by atoms with Crippen LogP contribution in [-0.2, 0) is 0 Å². The minimum Gasteiger partial charge on any atom is -0.295 e. The van der Waals surface area contributed by atoms with Crippen LogP contribution in [0.2, 0.25) is 0 Å². The molecule has 4 heteroatoms. The number of halogens is 1. The Morgan fingerprint density at radius 2 is 1.85 bits per heavy atom. The molecule has 0 radical (unpaired) electrons. The lowest BCUT2D eigenvalue weighted by molar-refractivity contribution is 0.101. The normalized spacial score (nSPS) is 9.77. The van der Waals surface area contributed by atoms with Crippen LogP contribution in [0.1, 0.15) is 34.7 Å². The quantitative estimate of drug-likeness (QED) is 0.514. The number of rotatable bonds is 2. The fraction of sp³-hybridized carbons (Fsp3) is 0.222. The monoisotopic (exact) mass is 181 g/mol. The minimum atomic E-state index is -0.807. The van der Waals surface area contributed by atoms with Crippen LogP contribution < -0.4 is 0 Å². The van der Waals surface area contributed by atoms with Crippen molar-refractivity contribution in [2.24, 2.45) is 0 Å². The van der Waals surface area contributed by atoms with Gasteiger partial charge in [-0.25, -0.2) is 4.98 Å². The number of nitrogens with zero attached hydrogens (tertiary/aromatic N) is 1. The number of ketones is 2. The van der Waals surface area contributed by atoms with Crippen molar-refractivity contribution in [3.8, 4) is 0 Å². The van der Waals surface area contributed by atoms with Gasteiger partial charge in [-0.15, -0.1) is 0 Å². The molecule has 0 aromatic carbocycles. The molecule has 1 aromatic heterocycles. The van der Waals surface area contributed by atoms with E-state index in [1.807, 2.05) is 0 Å². The van der Waals surface area contributed by atoms with E-state index >= 15 is 0 Å². The first-order valence-corrected chi connectivity index (χ1v) is 3.70. The number of aromatic nitrogens is 1. The molecule has 0 unspecified atom stereocenters. The fourth-order valence-electron chi connectivity index (χ4n) is 0.881. The summed E-state index contributed by atoms with van der Waals surface area (Å²) < 4.78 is 12.7. The molecule has 0 aliphatic rings. The van der Waals surface area contributed by atoms with Crippen LogP contribution in [0.5, 0.6) is 0 Å². The smallest absolute Gasteiger partial charge is 0.214 e. The summed E-state index contributed by atoms with van der Waals surface area (Å²) in [4.78, 5) is 25.0. The van der Waals surface area contributed by atoms with Crippen molar-refractivity contribution < 1.29 is 14.0 Å². The molecule has 1 heterocycles. The van der Waals surface area contributed by atoms with Gasteiger partial charge in [0.05, 0.1) is 0 Å². The van der Waals surface area contributed by atoms with E-state index in [9.17, 15) is 14.0 Å². The van der Waals surface area contributed by atoms with Gasteiger partial charge >= 0.3 is 0 Å². The lowest BCUT2D eigenvalue weighted by atomic mass is 10.1. The van der Waals surface area contributed by atoms with Crippen LogP contribution in [0.15, 0.2) is 12.1 Å². The molecule has 0 saturated carbocycles. The number of Topliss-reactive ketones (excluding diaryl/α,β-unsaturated/α-hetero) is 2. The second-order valence-corrected chi connectivity index (χ2v) is 2.68. The molecule has 3 nitrogen and oxygen atoms in total. The van der Waals surface area contributed by atoms with Gasteiger partial charge in [-0.3, -0.25) is 9.59 Å². The minimum absolute atomic E-state index is 0.0230. The molecule has 0 atom stereocenters. The second kappa shape index (κ2) is 3.43. The molecular formula is C9H8FNO2. The summed E-state index contributed by atoms with van der Waals surface area (Å²) in [7, 11) is 0. The van der Waals surface area contributed by atoms with E-state index in [1.54, 1.807) is 0 Å². The number of carbonyl (C=O) groups excluding carboxylic acids is 2. The molecular weight excluding hydrogens is 173 g/mol. The van der Waals surface area contributed by atoms with Crippen molar-refractivity contribution in [3.63, 3.8) is 0 Å². The Bertz CT molecular complexity index is 342. The van der Waals surface area contributed by atoms with E-state index < -0.39 is 5.95 Å². The highest BCUT2D eigenvalue weighted by atomic mass is 19.1. The largest absolute Gasteiger partial charge is 0.295 e. The molecule has 0 aliphatic carbocycles. The summed E-state index contributed by atoms with van der Waals surface area (Å²) in [6.07, 6.45) is 0. The first-order valence-electron chi connectivity index (χ1n) is 3.70. The molecule has 0 saturated heterocycles. The van der Waals surface area contributed by atoms with E-state index in [2.05, 4.69) is 4.98 Å². The SMILES string of the molecule is CC(=O)c1cc(F)nc(C(C)=O)c1. The highest BCUT2D eigenvalue weighted by Gasteiger charge is 2.08. The summed E-state index contributed by atoms with van der Waals surface area (Å²) in [5.41, 5.74) is 0.142. The number of hydrogen-bond acceptors (Lipinski definition) is 3. The van der Waals surface area contributed by atoms with Crippen molar-refractivity contribution in [2.45, 2.75) is 13.8 Å². The Morgan fingerprint density at radius 3 is 2.31 bits per heavy atom. The molecule has 0 amide bonds. The lowest BCUT2D eigenvalue weighted by Crippen LogP contribution is -2.03. The maximum absolute atomic E-state index is 12.7. The van der Waals surface area contributed by atoms with Crippen molar-refractivity contribution in [1.82, 2.24) is 4.98 Å². The lowest BCUT2D eigenvalue weighted by Gasteiger charge is -1.98. The summed E-state index contributed by atoms with van der Waals surface area (Å²) in [6.45, 7) is 2.57. The van der Waals surface area contributed by atoms with Gasteiger partial charge in [-0.05, 0) is 13.0 Å². The molecule has 1 aromatic rings. The van der Waals surface area contributed by atoms with Gasteiger partial charge in [0.1, 0.15) is 5.69 Å². The molecule has 0 aliphatic heterocycles. The predicted molar refractivity (Wildman–Crippen MR) is 44.2 cm³/mol.